The highest BCUT2D eigenvalue weighted by molar-refractivity contribution is 5.32. The predicted molar refractivity (Wildman–Crippen MR) is 75.6 cm³/mol. The maximum atomic E-state index is 13.6. The Balaban J connectivity index is 2.31. The minimum Gasteiger partial charge on any atom is -0.330 e. The molecule has 0 spiro atoms. The first-order valence-corrected chi connectivity index (χ1v) is 6.49. The normalized spacial score (nSPS) is 12.4. The van der Waals surface area contributed by atoms with Gasteiger partial charge in [0.2, 0.25) is 0 Å². The predicted octanol–water partition coefficient (Wildman–Crippen LogP) is 3.12. The number of aromatic nitrogens is 1. The van der Waals surface area contributed by atoms with E-state index in [4.69, 9.17) is 5.73 Å². The summed E-state index contributed by atoms with van der Waals surface area (Å²) in [6, 6.07) is 9.14. The number of nitrogens with two attached hydrogens (primary N) is 1. The topological polar surface area (TPSA) is 38.9 Å². The summed E-state index contributed by atoms with van der Waals surface area (Å²) in [5.41, 5.74) is 9.71. The highest BCUT2D eigenvalue weighted by atomic mass is 19.1. The summed E-state index contributed by atoms with van der Waals surface area (Å²) >= 11 is 0. The second kappa shape index (κ2) is 5.93. The smallest absolute Gasteiger partial charge is 0.126 e. The summed E-state index contributed by atoms with van der Waals surface area (Å²) in [6.07, 6.45) is 2.53. The summed E-state index contributed by atoms with van der Waals surface area (Å²) in [6.45, 7) is 4.33. The third-order valence-electron chi connectivity index (χ3n) is 3.59. The van der Waals surface area contributed by atoms with Crippen molar-refractivity contribution in [1.29, 1.82) is 0 Å². The molecule has 19 heavy (non-hydrogen) atoms. The number of hydrogen-bond donors (Lipinski definition) is 1. The van der Waals surface area contributed by atoms with Crippen LogP contribution in [-0.2, 0) is 6.42 Å². The summed E-state index contributed by atoms with van der Waals surface area (Å²) in [7, 11) is 0. The zero-order valence-electron chi connectivity index (χ0n) is 11.4. The Morgan fingerprint density at radius 3 is 2.68 bits per heavy atom. The highest BCUT2D eigenvalue weighted by Gasteiger charge is 2.16. The van der Waals surface area contributed by atoms with Gasteiger partial charge in [-0.15, -0.1) is 0 Å². The molecule has 1 atom stereocenters. The maximum Gasteiger partial charge on any atom is 0.126 e. The van der Waals surface area contributed by atoms with Crippen LogP contribution in [0.3, 0.4) is 0 Å². The van der Waals surface area contributed by atoms with Crippen LogP contribution in [0.15, 0.2) is 36.5 Å². The van der Waals surface area contributed by atoms with Crippen molar-refractivity contribution in [2.24, 2.45) is 5.73 Å². The summed E-state index contributed by atoms with van der Waals surface area (Å²) in [4.78, 5) is 4.39. The molecule has 0 aliphatic heterocycles. The fraction of sp³-hybridized carbons (Fsp3) is 0.312. The zero-order valence-corrected chi connectivity index (χ0v) is 11.4. The number of halogens is 1. The molecule has 2 N–H and O–H groups in total. The molecule has 2 rings (SSSR count). The molecular weight excluding hydrogens is 239 g/mol. The molecule has 0 amide bonds. The fourth-order valence-corrected chi connectivity index (χ4v) is 2.35. The first kappa shape index (κ1) is 13.7. The van der Waals surface area contributed by atoms with Gasteiger partial charge in [0.25, 0.3) is 0 Å². The lowest BCUT2D eigenvalue weighted by atomic mass is 9.89. The molecule has 1 heterocycles. The molecule has 3 heteroatoms. The Kier molecular flexibility index (Phi) is 4.27. The van der Waals surface area contributed by atoms with Crippen LogP contribution in [0.5, 0.6) is 0 Å². The van der Waals surface area contributed by atoms with Crippen molar-refractivity contribution in [3.63, 3.8) is 0 Å². The Labute approximate surface area is 113 Å². The van der Waals surface area contributed by atoms with E-state index in [9.17, 15) is 4.39 Å². The number of rotatable bonds is 4. The van der Waals surface area contributed by atoms with Crippen molar-refractivity contribution in [1.82, 2.24) is 4.98 Å². The monoisotopic (exact) mass is 258 g/mol. The lowest BCUT2D eigenvalue weighted by Crippen LogP contribution is -2.17. The van der Waals surface area contributed by atoms with Crippen LogP contribution in [0.25, 0.3) is 0 Å². The Bertz CT molecular complexity index is 566. The van der Waals surface area contributed by atoms with Gasteiger partial charge in [0, 0.05) is 17.8 Å². The van der Waals surface area contributed by atoms with Crippen LogP contribution < -0.4 is 5.73 Å². The van der Waals surface area contributed by atoms with Gasteiger partial charge < -0.3 is 5.73 Å². The second-order valence-corrected chi connectivity index (χ2v) is 4.86. The first-order valence-electron chi connectivity index (χ1n) is 6.49. The summed E-state index contributed by atoms with van der Waals surface area (Å²) < 4.78 is 13.6. The van der Waals surface area contributed by atoms with Gasteiger partial charge in [-0.3, -0.25) is 4.98 Å². The van der Waals surface area contributed by atoms with E-state index < -0.39 is 0 Å². The molecular formula is C16H19FN2. The van der Waals surface area contributed by atoms with Gasteiger partial charge in [-0.1, -0.05) is 18.2 Å². The molecule has 0 bridgehead atoms. The molecule has 0 aliphatic carbocycles. The Morgan fingerprint density at radius 2 is 2.00 bits per heavy atom. The van der Waals surface area contributed by atoms with Gasteiger partial charge >= 0.3 is 0 Å². The van der Waals surface area contributed by atoms with Crippen LogP contribution in [0, 0.1) is 19.7 Å². The number of benzene rings is 1. The van der Waals surface area contributed by atoms with Crippen molar-refractivity contribution in [3.8, 4) is 0 Å². The molecule has 1 aromatic carbocycles. The average molecular weight is 258 g/mol. The SMILES string of the molecule is Cc1cccnc1C[C@@H](CN)c1cccc(F)c1C. The minimum atomic E-state index is -0.173. The third-order valence-corrected chi connectivity index (χ3v) is 3.59. The molecule has 1 aromatic heterocycles. The fourth-order valence-electron chi connectivity index (χ4n) is 2.35. The number of aryl methyl sites for hydroxylation is 1. The molecule has 100 valence electrons. The lowest BCUT2D eigenvalue weighted by molar-refractivity contribution is 0.603. The first-order chi connectivity index (χ1) is 9.13. The quantitative estimate of drug-likeness (QED) is 0.915. The van der Waals surface area contributed by atoms with Crippen molar-refractivity contribution in [2.75, 3.05) is 6.54 Å². The van der Waals surface area contributed by atoms with Crippen molar-refractivity contribution in [2.45, 2.75) is 26.2 Å². The number of nitrogens with zero attached hydrogens (tertiary/aromatic N) is 1. The lowest BCUT2D eigenvalue weighted by Gasteiger charge is -2.18. The number of hydrogen-bond acceptors (Lipinski definition) is 2. The van der Waals surface area contributed by atoms with Crippen LogP contribution in [0.2, 0.25) is 0 Å². The largest absolute Gasteiger partial charge is 0.330 e. The highest BCUT2D eigenvalue weighted by Crippen LogP contribution is 2.25. The van der Waals surface area contributed by atoms with E-state index >= 15 is 0 Å². The second-order valence-electron chi connectivity index (χ2n) is 4.86. The van der Waals surface area contributed by atoms with E-state index in [1.807, 2.05) is 25.1 Å². The zero-order chi connectivity index (χ0) is 13.8. The van der Waals surface area contributed by atoms with E-state index in [0.717, 1.165) is 23.2 Å². The van der Waals surface area contributed by atoms with Crippen molar-refractivity contribution in [3.05, 3.63) is 64.7 Å². The van der Waals surface area contributed by atoms with Gasteiger partial charge in [0.1, 0.15) is 5.82 Å². The molecule has 0 saturated carbocycles. The van der Waals surface area contributed by atoms with Gasteiger partial charge in [-0.2, -0.15) is 0 Å². The van der Waals surface area contributed by atoms with E-state index in [1.165, 1.54) is 6.07 Å². The standard InChI is InChI=1S/C16H19FN2/c1-11-5-4-8-19-16(11)9-13(10-18)14-6-3-7-15(17)12(14)2/h3-8,13H,9-10,18H2,1-2H3/t13-/m0/s1. The summed E-state index contributed by atoms with van der Waals surface area (Å²) in [5.74, 6) is -0.0713. The van der Waals surface area contributed by atoms with E-state index in [2.05, 4.69) is 4.98 Å². The van der Waals surface area contributed by atoms with Gasteiger partial charge in [0.15, 0.2) is 0 Å². The Hall–Kier alpha value is -1.74. The van der Waals surface area contributed by atoms with Crippen LogP contribution >= 0.6 is 0 Å². The molecule has 0 aliphatic rings. The number of pyridine rings is 1. The third kappa shape index (κ3) is 2.99. The van der Waals surface area contributed by atoms with E-state index in [0.29, 0.717) is 12.1 Å². The van der Waals surface area contributed by atoms with Crippen LogP contribution in [0.1, 0.15) is 28.3 Å². The van der Waals surface area contributed by atoms with E-state index in [-0.39, 0.29) is 11.7 Å². The van der Waals surface area contributed by atoms with Crippen molar-refractivity contribution >= 4 is 0 Å². The molecule has 0 radical (unpaired) electrons. The average Bonchev–Trinajstić information content (AvgIpc) is 2.41. The van der Waals surface area contributed by atoms with Gasteiger partial charge in [0.05, 0.1) is 0 Å². The van der Waals surface area contributed by atoms with Crippen LogP contribution in [0.4, 0.5) is 4.39 Å². The molecule has 0 unspecified atom stereocenters. The van der Waals surface area contributed by atoms with Gasteiger partial charge in [-0.05, 0) is 55.6 Å². The van der Waals surface area contributed by atoms with E-state index in [1.54, 1.807) is 19.2 Å². The summed E-state index contributed by atoms with van der Waals surface area (Å²) in [5, 5.41) is 0. The molecule has 0 saturated heterocycles. The minimum absolute atomic E-state index is 0.101. The van der Waals surface area contributed by atoms with Gasteiger partial charge in [-0.25, -0.2) is 4.39 Å². The molecule has 2 nitrogen and oxygen atoms in total. The molecule has 2 aromatic rings. The maximum absolute atomic E-state index is 13.6. The van der Waals surface area contributed by atoms with Crippen LogP contribution in [-0.4, -0.2) is 11.5 Å². The molecule has 0 fully saturated rings. The Morgan fingerprint density at radius 1 is 1.21 bits per heavy atom. The van der Waals surface area contributed by atoms with Crippen molar-refractivity contribution < 1.29 is 4.39 Å².